The largest absolute Gasteiger partial charge is 0.289 e. The lowest BCUT2D eigenvalue weighted by atomic mass is 9.93. The van der Waals surface area contributed by atoms with Gasteiger partial charge in [0.1, 0.15) is 0 Å². The van der Waals surface area contributed by atoms with Crippen molar-refractivity contribution < 1.29 is 8.42 Å². The van der Waals surface area contributed by atoms with Gasteiger partial charge in [-0.3, -0.25) is 4.90 Å². The average molecular weight is 448 g/mol. The van der Waals surface area contributed by atoms with Crippen LogP contribution in [0.1, 0.15) is 17.2 Å². The lowest BCUT2D eigenvalue weighted by Gasteiger charge is -2.44. The minimum absolute atomic E-state index is 0.0138. The minimum Gasteiger partial charge on any atom is -0.289 e. The maximum atomic E-state index is 12.5. The van der Waals surface area contributed by atoms with Crippen molar-refractivity contribution in [3.05, 3.63) is 94.1 Å². The smallest absolute Gasteiger partial charge is 0.258 e. The average Bonchev–Trinajstić information content (AvgIpc) is 2.69. The molecule has 0 amide bonds. The first kappa shape index (κ1) is 20.3. The third kappa shape index (κ3) is 4.63. The number of nitrogens with zero attached hydrogens (tertiary/aromatic N) is 2. The molecule has 0 radical (unpaired) electrons. The molecule has 0 aliphatic carbocycles. The molecule has 2 aromatic carbocycles. The van der Waals surface area contributed by atoms with Gasteiger partial charge in [-0.2, -0.15) is 0 Å². The second-order valence-electron chi connectivity index (χ2n) is 6.95. The number of aromatic nitrogens is 1. The predicted molar refractivity (Wildman–Crippen MR) is 115 cm³/mol. The molecule has 2 heterocycles. The Morgan fingerprint density at radius 3 is 1.93 bits per heavy atom. The zero-order valence-corrected chi connectivity index (χ0v) is 17.7. The number of pyridine rings is 1. The first-order chi connectivity index (χ1) is 13.9. The summed E-state index contributed by atoms with van der Waals surface area (Å²) in [6, 6.07) is 20.1. The van der Waals surface area contributed by atoms with Crippen LogP contribution in [0.25, 0.3) is 0 Å². The molecule has 1 fully saturated rings. The van der Waals surface area contributed by atoms with E-state index in [4.69, 9.17) is 23.2 Å². The van der Waals surface area contributed by atoms with Gasteiger partial charge in [0.25, 0.3) is 10.0 Å². The van der Waals surface area contributed by atoms with E-state index in [1.807, 2.05) is 48.5 Å². The van der Waals surface area contributed by atoms with Crippen LogP contribution >= 0.6 is 23.2 Å². The molecule has 4 rings (SSSR count). The highest BCUT2D eigenvalue weighted by molar-refractivity contribution is 7.89. The first-order valence-corrected chi connectivity index (χ1v) is 11.3. The Balaban J connectivity index is 1.52. The van der Waals surface area contributed by atoms with E-state index < -0.39 is 10.0 Å². The van der Waals surface area contributed by atoms with Gasteiger partial charge in [-0.1, -0.05) is 53.5 Å². The van der Waals surface area contributed by atoms with Crippen LogP contribution in [-0.2, 0) is 10.0 Å². The van der Waals surface area contributed by atoms with Crippen molar-refractivity contribution in [1.29, 1.82) is 0 Å². The molecule has 1 aliphatic heterocycles. The van der Waals surface area contributed by atoms with Gasteiger partial charge < -0.3 is 0 Å². The molecule has 5 nitrogen and oxygen atoms in total. The molecule has 0 atom stereocenters. The Hall–Kier alpha value is -1.96. The van der Waals surface area contributed by atoms with Crippen molar-refractivity contribution in [2.75, 3.05) is 13.1 Å². The summed E-state index contributed by atoms with van der Waals surface area (Å²) in [4.78, 5) is 6.16. The lowest BCUT2D eigenvalue weighted by Crippen LogP contribution is -2.60. The number of halogens is 2. The van der Waals surface area contributed by atoms with Gasteiger partial charge in [-0.25, -0.2) is 18.1 Å². The molecular formula is C21H19Cl2N3O2S. The summed E-state index contributed by atoms with van der Waals surface area (Å²) in [6.45, 7) is 1.17. The third-order valence-corrected chi connectivity index (χ3v) is 6.82. The number of benzene rings is 2. The zero-order valence-electron chi connectivity index (χ0n) is 15.4. The van der Waals surface area contributed by atoms with Crippen LogP contribution in [0.5, 0.6) is 0 Å². The predicted octanol–water partition coefficient (Wildman–Crippen LogP) is 4.14. The normalized spacial score (nSPS) is 15.4. The van der Waals surface area contributed by atoms with Crippen molar-refractivity contribution in [3.8, 4) is 0 Å². The third-order valence-electron chi connectivity index (χ3n) is 4.88. The van der Waals surface area contributed by atoms with Crippen LogP contribution in [0.4, 0.5) is 0 Å². The number of hydrogen-bond donors (Lipinski definition) is 1. The van der Waals surface area contributed by atoms with Crippen molar-refractivity contribution >= 4 is 33.2 Å². The number of hydrogen-bond acceptors (Lipinski definition) is 4. The molecule has 1 aromatic heterocycles. The standard InChI is InChI=1S/C21H19Cl2N3O2S/c22-17-8-4-15(5-9-17)21(16-6-10-18(23)11-7-16)26-13-19(14-26)25-29(27,28)20-3-1-2-12-24-20/h1-12,19,21,25H,13-14H2. The van der Waals surface area contributed by atoms with Crippen molar-refractivity contribution in [2.45, 2.75) is 17.1 Å². The summed E-state index contributed by atoms with van der Waals surface area (Å²) in [6.07, 6.45) is 1.47. The van der Waals surface area contributed by atoms with E-state index in [9.17, 15) is 8.42 Å². The molecule has 0 saturated carbocycles. The van der Waals surface area contributed by atoms with E-state index >= 15 is 0 Å². The van der Waals surface area contributed by atoms with E-state index in [1.54, 1.807) is 12.1 Å². The lowest BCUT2D eigenvalue weighted by molar-refractivity contribution is 0.105. The van der Waals surface area contributed by atoms with E-state index in [1.165, 1.54) is 12.3 Å². The second kappa shape index (κ2) is 8.42. The maximum absolute atomic E-state index is 12.5. The Morgan fingerprint density at radius 2 is 1.45 bits per heavy atom. The van der Waals surface area contributed by atoms with Crippen molar-refractivity contribution in [3.63, 3.8) is 0 Å². The fraction of sp³-hybridized carbons (Fsp3) is 0.190. The molecule has 8 heteroatoms. The van der Waals surface area contributed by atoms with Gasteiger partial charge in [0.2, 0.25) is 0 Å². The van der Waals surface area contributed by atoms with Gasteiger partial charge in [-0.05, 0) is 47.5 Å². The van der Waals surface area contributed by atoms with Gasteiger partial charge >= 0.3 is 0 Å². The Kier molecular flexibility index (Phi) is 5.90. The summed E-state index contributed by atoms with van der Waals surface area (Å²) in [5, 5.41) is 1.38. The van der Waals surface area contributed by atoms with Crippen LogP contribution in [-0.4, -0.2) is 37.4 Å². The summed E-state index contributed by atoms with van der Waals surface area (Å²) in [5.74, 6) is 0. The maximum Gasteiger partial charge on any atom is 0.258 e. The Bertz CT molecular complexity index is 1020. The fourth-order valence-corrected chi connectivity index (χ4v) is 4.91. The molecule has 3 aromatic rings. The van der Waals surface area contributed by atoms with Gasteiger partial charge in [0, 0.05) is 35.4 Å². The van der Waals surface area contributed by atoms with Crippen LogP contribution in [0.3, 0.4) is 0 Å². The van der Waals surface area contributed by atoms with E-state index in [-0.39, 0.29) is 17.1 Å². The SMILES string of the molecule is O=S(=O)(NC1CN(C(c2ccc(Cl)cc2)c2ccc(Cl)cc2)C1)c1ccccn1. The highest BCUT2D eigenvalue weighted by atomic mass is 35.5. The summed E-state index contributed by atoms with van der Waals surface area (Å²) < 4.78 is 27.8. The molecule has 1 saturated heterocycles. The molecule has 0 spiro atoms. The van der Waals surface area contributed by atoms with Crippen LogP contribution < -0.4 is 4.72 Å². The molecule has 0 unspecified atom stereocenters. The van der Waals surface area contributed by atoms with Crippen LogP contribution in [0, 0.1) is 0 Å². The second-order valence-corrected chi connectivity index (χ2v) is 9.48. The molecule has 1 N–H and O–H groups in total. The van der Waals surface area contributed by atoms with Gasteiger partial charge in [-0.15, -0.1) is 0 Å². The Labute approximate surface area is 180 Å². The fourth-order valence-electron chi connectivity index (χ4n) is 3.49. The van der Waals surface area contributed by atoms with Gasteiger partial charge in [0.05, 0.1) is 6.04 Å². The van der Waals surface area contributed by atoms with Crippen molar-refractivity contribution in [1.82, 2.24) is 14.6 Å². The van der Waals surface area contributed by atoms with E-state index in [2.05, 4.69) is 14.6 Å². The number of likely N-dealkylation sites (tertiary alicyclic amines) is 1. The summed E-state index contributed by atoms with van der Waals surface area (Å²) in [7, 11) is -3.63. The quantitative estimate of drug-likeness (QED) is 0.616. The Morgan fingerprint density at radius 1 is 0.897 bits per heavy atom. The highest BCUT2D eigenvalue weighted by Crippen LogP contribution is 2.33. The number of sulfonamides is 1. The monoisotopic (exact) mass is 447 g/mol. The van der Waals surface area contributed by atoms with E-state index in [0.29, 0.717) is 23.1 Å². The molecule has 150 valence electrons. The highest BCUT2D eigenvalue weighted by Gasteiger charge is 2.36. The molecule has 1 aliphatic rings. The summed E-state index contributed by atoms with van der Waals surface area (Å²) >= 11 is 12.1. The topological polar surface area (TPSA) is 62.3 Å². The molecule has 29 heavy (non-hydrogen) atoms. The number of nitrogens with one attached hydrogen (secondary N) is 1. The van der Waals surface area contributed by atoms with Crippen LogP contribution in [0.15, 0.2) is 78.0 Å². The van der Waals surface area contributed by atoms with Gasteiger partial charge in [0.15, 0.2) is 5.03 Å². The minimum atomic E-state index is -3.63. The molecular weight excluding hydrogens is 429 g/mol. The van der Waals surface area contributed by atoms with Crippen LogP contribution in [0.2, 0.25) is 10.0 Å². The van der Waals surface area contributed by atoms with E-state index in [0.717, 1.165) is 11.1 Å². The first-order valence-electron chi connectivity index (χ1n) is 9.11. The van der Waals surface area contributed by atoms with Crippen molar-refractivity contribution in [2.24, 2.45) is 0 Å². The number of rotatable bonds is 6. The summed E-state index contributed by atoms with van der Waals surface area (Å²) in [5.41, 5.74) is 2.17. The zero-order chi connectivity index (χ0) is 20.4. The molecule has 0 bridgehead atoms.